The van der Waals surface area contributed by atoms with E-state index in [2.05, 4.69) is 10.6 Å². The number of ketones is 1. The molecular weight excluding hydrogens is 272 g/mol. The molecule has 0 atom stereocenters. The minimum absolute atomic E-state index is 0.388. The summed E-state index contributed by atoms with van der Waals surface area (Å²) in [6.45, 7) is 0. The zero-order valence-corrected chi connectivity index (χ0v) is 12.6. The fourth-order valence-corrected chi connectivity index (χ4v) is 1.44. The van der Waals surface area contributed by atoms with Crippen molar-refractivity contribution in [3.05, 3.63) is 35.9 Å². The fourth-order valence-electron chi connectivity index (χ4n) is 1.44. The minimum Gasteiger partial charge on any atom is -0.331 e. The van der Waals surface area contributed by atoms with Crippen LogP contribution in [0.5, 0.6) is 0 Å². The standard InChI is InChI=1S/C14H20N4O3/c1-17(2)13(20)15-12(16-14(21)18(3)4)11(19)10-8-6-5-7-9-10/h5-9,12H,1-4H3,(H,15,20)(H,16,21). The maximum atomic E-state index is 12.4. The molecule has 0 radical (unpaired) electrons. The molecule has 0 heterocycles. The summed E-state index contributed by atoms with van der Waals surface area (Å²) in [6, 6.07) is 7.52. The maximum Gasteiger partial charge on any atom is 0.318 e. The first-order valence-electron chi connectivity index (χ1n) is 6.38. The van der Waals surface area contributed by atoms with Gasteiger partial charge in [-0.15, -0.1) is 0 Å². The summed E-state index contributed by atoms with van der Waals surface area (Å²) in [6.07, 6.45) is -1.13. The third-order valence-corrected chi connectivity index (χ3v) is 2.67. The molecule has 0 saturated carbocycles. The van der Waals surface area contributed by atoms with Crippen molar-refractivity contribution in [3.8, 4) is 0 Å². The highest BCUT2D eigenvalue weighted by Gasteiger charge is 2.25. The Bertz CT molecular complexity index is 492. The van der Waals surface area contributed by atoms with E-state index in [1.807, 2.05) is 0 Å². The largest absolute Gasteiger partial charge is 0.331 e. The molecule has 7 heteroatoms. The van der Waals surface area contributed by atoms with Crippen LogP contribution >= 0.6 is 0 Å². The summed E-state index contributed by atoms with van der Waals surface area (Å²) in [5.41, 5.74) is 0.403. The average molecular weight is 292 g/mol. The Morgan fingerprint density at radius 3 is 1.67 bits per heavy atom. The van der Waals surface area contributed by atoms with Crippen LogP contribution in [0, 0.1) is 0 Å². The van der Waals surface area contributed by atoms with Gasteiger partial charge in [0.25, 0.3) is 0 Å². The molecule has 0 saturated heterocycles. The molecule has 1 aromatic carbocycles. The van der Waals surface area contributed by atoms with Crippen molar-refractivity contribution in [1.82, 2.24) is 20.4 Å². The van der Waals surface area contributed by atoms with Crippen LogP contribution < -0.4 is 10.6 Å². The van der Waals surface area contributed by atoms with Gasteiger partial charge in [0.15, 0.2) is 6.17 Å². The summed E-state index contributed by atoms with van der Waals surface area (Å²) >= 11 is 0. The van der Waals surface area contributed by atoms with Crippen molar-refractivity contribution >= 4 is 17.8 Å². The Labute approximate surface area is 123 Å². The number of urea groups is 2. The van der Waals surface area contributed by atoms with Crippen LogP contribution in [-0.4, -0.2) is 62.0 Å². The van der Waals surface area contributed by atoms with Gasteiger partial charge in [0.2, 0.25) is 5.78 Å². The molecule has 21 heavy (non-hydrogen) atoms. The van der Waals surface area contributed by atoms with Gasteiger partial charge in [-0.25, -0.2) is 9.59 Å². The van der Waals surface area contributed by atoms with E-state index in [-0.39, 0.29) is 5.78 Å². The number of carbonyl (C=O) groups is 3. The monoisotopic (exact) mass is 292 g/mol. The highest BCUT2D eigenvalue weighted by atomic mass is 16.2. The van der Waals surface area contributed by atoms with Gasteiger partial charge < -0.3 is 20.4 Å². The highest BCUT2D eigenvalue weighted by Crippen LogP contribution is 2.03. The lowest BCUT2D eigenvalue weighted by atomic mass is 10.1. The molecule has 0 bridgehead atoms. The van der Waals surface area contributed by atoms with Gasteiger partial charge in [-0.05, 0) is 0 Å². The van der Waals surface area contributed by atoms with E-state index < -0.39 is 18.2 Å². The topological polar surface area (TPSA) is 81.8 Å². The Morgan fingerprint density at radius 2 is 1.29 bits per heavy atom. The van der Waals surface area contributed by atoms with Crippen molar-refractivity contribution < 1.29 is 14.4 Å². The number of amides is 4. The van der Waals surface area contributed by atoms with Crippen LogP contribution in [0.4, 0.5) is 9.59 Å². The normalized spacial score (nSPS) is 9.95. The van der Waals surface area contributed by atoms with E-state index in [1.54, 1.807) is 58.5 Å². The van der Waals surface area contributed by atoms with Crippen LogP contribution in [0.3, 0.4) is 0 Å². The van der Waals surface area contributed by atoms with E-state index in [0.717, 1.165) is 0 Å². The molecule has 0 unspecified atom stereocenters. The molecule has 0 fully saturated rings. The van der Waals surface area contributed by atoms with Crippen LogP contribution in [-0.2, 0) is 0 Å². The SMILES string of the molecule is CN(C)C(=O)NC(NC(=O)N(C)C)C(=O)c1ccccc1. The van der Waals surface area contributed by atoms with Crippen LogP contribution in [0.2, 0.25) is 0 Å². The molecule has 0 aliphatic rings. The first-order valence-corrected chi connectivity index (χ1v) is 6.38. The van der Waals surface area contributed by atoms with Gasteiger partial charge in [0, 0.05) is 33.8 Å². The van der Waals surface area contributed by atoms with Crippen molar-refractivity contribution in [2.24, 2.45) is 0 Å². The fraction of sp³-hybridized carbons (Fsp3) is 0.357. The number of hydrogen-bond acceptors (Lipinski definition) is 3. The number of benzene rings is 1. The summed E-state index contributed by atoms with van der Waals surface area (Å²) in [5, 5.41) is 4.96. The first kappa shape index (κ1) is 16.5. The van der Waals surface area contributed by atoms with Crippen LogP contribution in [0.1, 0.15) is 10.4 Å². The Balaban J connectivity index is 2.93. The summed E-state index contributed by atoms with van der Waals surface area (Å²) in [7, 11) is 6.20. The second-order valence-electron chi connectivity index (χ2n) is 4.85. The molecule has 1 aromatic rings. The molecule has 7 nitrogen and oxygen atoms in total. The predicted octanol–water partition coefficient (Wildman–Crippen LogP) is 0.738. The van der Waals surface area contributed by atoms with E-state index in [0.29, 0.717) is 5.56 Å². The molecular formula is C14H20N4O3. The zero-order valence-electron chi connectivity index (χ0n) is 12.6. The van der Waals surface area contributed by atoms with E-state index in [1.165, 1.54) is 9.80 Å². The lowest BCUT2D eigenvalue weighted by Crippen LogP contribution is -2.56. The van der Waals surface area contributed by atoms with Crippen LogP contribution in [0.15, 0.2) is 30.3 Å². The smallest absolute Gasteiger partial charge is 0.318 e. The number of carbonyl (C=O) groups excluding carboxylic acids is 3. The predicted molar refractivity (Wildman–Crippen MR) is 79.0 cm³/mol. The van der Waals surface area contributed by atoms with Crippen molar-refractivity contribution in [3.63, 3.8) is 0 Å². The Morgan fingerprint density at radius 1 is 0.857 bits per heavy atom. The molecule has 2 N–H and O–H groups in total. The van der Waals surface area contributed by atoms with Gasteiger partial charge >= 0.3 is 12.1 Å². The van der Waals surface area contributed by atoms with E-state index in [4.69, 9.17) is 0 Å². The second-order valence-corrected chi connectivity index (χ2v) is 4.85. The van der Waals surface area contributed by atoms with Gasteiger partial charge in [-0.2, -0.15) is 0 Å². The lowest BCUT2D eigenvalue weighted by molar-refractivity contribution is 0.0922. The number of hydrogen-bond donors (Lipinski definition) is 2. The van der Waals surface area contributed by atoms with Crippen molar-refractivity contribution in [1.29, 1.82) is 0 Å². The van der Waals surface area contributed by atoms with Gasteiger partial charge in [-0.1, -0.05) is 30.3 Å². The summed E-state index contributed by atoms with van der Waals surface area (Å²) < 4.78 is 0. The number of nitrogens with one attached hydrogen (secondary N) is 2. The molecule has 1 rings (SSSR count). The molecule has 0 aromatic heterocycles. The first-order chi connectivity index (χ1) is 9.82. The van der Waals surface area contributed by atoms with Gasteiger partial charge in [0.1, 0.15) is 0 Å². The van der Waals surface area contributed by atoms with Crippen LogP contribution in [0.25, 0.3) is 0 Å². The average Bonchev–Trinajstić information content (AvgIpc) is 2.46. The summed E-state index contributed by atoms with van der Waals surface area (Å²) in [4.78, 5) is 38.4. The van der Waals surface area contributed by atoms with Gasteiger partial charge in [0.05, 0.1) is 0 Å². The lowest BCUT2D eigenvalue weighted by Gasteiger charge is -2.23. The number of rotatable bonds is 4. The second kappa shape index (κ2) is 7.28. The Hall–Kier alpha value is -2.57. The molecule has 114 valence electrons. The summed E-state index contributed by atoms with van der Waals surface area (Å²) in [5.74, 6) is -0.388. The minimum atomic E-state index is -1.13. The van der Waals surface area contributed by atoms with Gasteiger partial charge in [-0.3, -0.25) is 4.79 Å². The van der Waals surface area contributed by atoms with Crippen molar-refractivity contribution in [2.45, 2.75) is 6.17 Å². The maximum absolute atomic E-state index is 12.4. The van der Waals surface area contributed by atoms with E-state index >= 15 is 0 Å². The highest BCUT2D eigenvalue weighted by molar-refractivity contribution is 6.03. The molecule has 0 aliphatic carbocycles. The zero-order chi connectivity index (χ0) is 16.0. The third kappa shape index (κ3) is 4.79. The Kier molecular flexibility index (Phi) is 5.71. The third-order valence-electron chi connectivity index (χ3n) is 2.67. The number of nitrogens with zero attached hydrogens (tertiary/aromatic N) is 2. The van der Waals surface area contributed by atoms with E-state index in [9.17, 15) is 14.4 Å². The van der Waals surface area contributed by atoms with Crippen molar-refractivity contribution in [2.75, 3.05) is 28.2 Å². The molecule has 0 aliphatic heterocycles. The quantitative estimate of drug-likeness (QED) is 0.634. The molecule has 4 amide bonds. The number of Topliss-reactive ketones (excluding diaryl/α,β-unsaturated/α-hetero) is 1. The molecule has 0 spiro atoms.